The lowest BCUT2D eigenvalue weighted by Crippen LogP contribution is -2.02. The van der Waals surface area contributed by atoms with Gasteiger partial charge in [-0.25, -0.2) is 9.97 Å². The molecule has 4 nitrogen and oxygen atoms in total. The average molecular weight is 281 g/mol. The van der Waals surface area contributed by atoms with Crippen molar-refractivity contribution in [2.24, 2.45) is 0 Å². The Balaban J connectivity index is 1.87. The van der Waals surface area contributed by atoms with E-state index in [1.807, 2.05) is 12.1 Å². The molecule has 0 aliphatic rings. The Labute approximate surface area is 124 Å². The molecule has 2 aromatic heterocycles. The zero-order valence-corrected chi connectivity index (χ0v) is 12.2. The predicted molar refractivity (Wildman–Crippen MR) is 84.2 cm³/mol. The van der Waals surface area contributed by atoms with Crippen LogP contribution in [0.3, 0.4) is 0 Å². The molecule has 3 aromatic rings. The second-order valence-corrected chi connectivity index (χ2v) is 5.08. The van der Waals surface area contributed by atoms with E-state index >= 15 is 0 Å². The Morgan fingerprint density at radius 3 is 2.76 bits per heavy atom. The number of aryl methyl sites for hydroxylation is 1. The lowest BCUT2D eigenvalue weighted by atomic mass is 10.1. The van der Waals surface area contributed by atoms with Crippen molar-refractivity contribution in [3.63, 3.8) is 0 Å². The SMILES string of the molecule is CCCCc1oc2ccccc2c1CNc1cncnc1. The minimum Gasteiger partial charge on any atom is -0.461 e. The standard InChI is InChI=1S/C17H19N3O/c1-2-3-7-17-15(11-20-13-9-18-12-19-10-13)14-6-4-5-8-16(14)21-17/h4-6,8-10,12,20H,2-3,7,11H2,1H3. The molecule has 0 radical (unpaired) electrons. The maximum absolute atomic E-state index is 6.02. The molecule has 0 aliphatic heterocycles. The van der Waals surface area contributed by atoms with Crippen LogP contribution in [0.25, 0.3) is 11.0 Å². The summed E-state index contributed by atoms with van der Waals surface area (Å²) in [6, 6.07) is 8.21. The number of aromatic nitrogens is 2. The van der Waals surface area contributed by atoms with Crippen LogP contribution in [0.1, 0.15) is 31.1 Å². The van der Waals surface area contributed by atoms with Crippen LogP contribution in [0.4, 0.5) is 5.69 Å². The molecule has 21 heavy (non-hydrogen) atoms. The number of hydrogen-bond donors (Lipinski definition) is 1. The van der Waals surface area contributed by atoms with Crippen LogP contribution < -0.4 is 5.32 Å². The van der Waals surface area contributed by atoms with Crippen molar-refractivity contribution in [1.29, 1.82) is 0 Å². The normalized spacial score (nSPS) is 10.9. The first kappa shape index (κ1) is 13.6. The zero-order valence-electron chi connectivity index (χ0n) is 12.2. The number of para-hydroxylation sites is 1. The first-order chi connectivity index (χ1) is 10.4. The Bertz CT molecular complexity index is 706. The number of anilines is 1. The van der Waals surface area contributed by atoms with Crippen LogP contribution in [0.5, 0.6) is 0 Å². The van der Waals surface area contributed by atoms with E-state index in [-0.39, 0.29) is 0 Å². The quantitative estimate of drug-likeness (QED) is 0.736. The van der Waals surface area contributed by atoms with Crippen molar-refractivity contribution in [3.05, 3.63) is 54.3 Å². The van der Waals surface area contributed by atoms with Crippen molar-refractivity contribution >= 4 is 16.7 Å². The maximum Gasteiger partial charge on any atom is 0.134 e. The molecule has 0 fully saturated rings. The van der Waals surface area contributed by atoms with Gasteiger partial charge >= 0.3 is 0 Å². The van der Waals surface area contributed by atoms with E-state index in [1.54, 1.807) is 12.4 Å². The van der Waals surface area contributed by atoms with E-state index in [9.17, 15) is 0 Å². The molecule has 2 heterocycles. The van der Waals surface area contributed by atoms with E-state index in [1.165, 1.54) is 17.3 Å². The summed E-state index contributed by atoms with van der Waals surface area (Å²) in [7, 11) is 0. The number of unbranched alkanes of at least 4 members (excludes halogenated alkanes) is 1. The monoisotopic (exact) mass is 281 g/mol. The van der Waals surface area contributed by atoms with E-state index in [0.717, 1.165) is 42.8 Å². The largest absolute Gasteiger partial charge is 0.461 e. The second-order valence-electron chi connectivity index (χ2n) is 5.08. The molecular formula is C17H19N3O. The lowest BCUT2D eigenvalue weighted by molar-refractivity contribution is 0.531. The van der Waals surface area contributed by atoms with Gasteiger partial charge in [0.1, 0.15) is 17.7 Å². The molecular weight excluding hydrogens is 262 g/mol. The summed E-state index contributed by atoms with van der Waals surface area (Å²) >= 11 is 0. The second kappa shape index (κ2) is 6.39. The van der Waals surface area contributed by atoms with Crippen molar-refractivity contribution in [2.45, 2.75) is 32.7 Å². The molecule has 0 amide bonds. The van der Waals surface area contributed by atoms with Crippen LogP contribution in [0, 0.1) is 0 Å². The highest BCUT2D eigenvalue weighted by Crippen LogP contribution is 2.27. The number of hydrogen-bond acceptors (Lipinski definition) is 4. The molecule has 3 rings (SSSR count). The average Bonchev–Trinajstić information content (AvgIpc) is 2.89. The van der Waals surface area contributed by atoms with Crippen LogP contribution in [0.2, 0.25) is 0 Å². The Kier molecular flexibility index (Phi) is 4.15. The van der Waals surface area contributed by atoms with Gasteiger partial charge in [0, 0.05) is 23.9 Å². The summed E-state index contributed by atoms with van der Waals surface area (Å²) in [6.07, 6.45) is 8.37. The van der Waals surface area contributed by atoms with Gasteiger partial charge in [-0.3, -0.25) is 0 Å². The number of benzene rings is 1. The first-order valence-corrected chi connectivity index (χ1v) is 7.36. The molecule has 1 N–H and O–H groups in total. The van der Waals surface area contributed by atoms with Gasteiger partial charge in [-0.1, -0.05) is 31.5 Å². The summed E-state index contributed by atoms with van der Waals surface area (Å²) in [6.45, 7) is 2.92. The third-order valence-corrected chi connectivity index (χ3v) is 3.57. The van der Waals surface area contributed by atoms with Gasteiger partial charge < -0.3 is 9.73 Å². The first-order valence-electron chi connectivity index (χ1n) is 7.36. The summed E-state index contributed by atoms with van der Waals surface area (Å²) in [5, 5.41) is 4.56. The summed E-state index contributed by atoms with van der Waals surface area (Å²) < 4.78 is 6.02. The molecule has 0 saturated carbocycles. The Hall–Kier alpha value is -2.36. The van der Waals surface area contributed by atoms with Crippen molar-refractivity contribution < 1.29 is 4.42 Å². The summed E-state index contributed by atoms with van der Waals surface area (Å²) in [4.78, 5) is 8.04. The predicted octanol–water partition coefficient (Wildman–Crippen LogP) is 4.18. The molecule has 0 saturated heterocycles. The molecule has 0 unspecified atom stereocenters. The van der Waals surface area contributed by atoms with Crippen molar-refractivity contribution in [2.75, 3.05) is 5.32 Å². The highest BCUT2D eigenvalue weighted by Gasteiger charge is 2.13. The Morgan fingerprint density at radius 1 is 1.14 bits per heavy atom. The minimum atomic E-state index is 0.726. The molecule has 0 aliphatic carbocycles. The fourth-order valence-electron chi connectivity index (χ4n) is 2.46. The summed E-state index contributed by atoms with van der Waals surface area (Å²) in [5.74, 6) is 1.09. The van der Waals surface area contributed by atoms with Crippen molar-refractivity contribution in [1.82, 2.24) is 9.97 Å². The number of furan rings is 1. The lowest BCUT2D eigenvalue weighted by Gasteiger charge is -2.06. The fraction of sp³-hybridized carbons (Fsp3) is 0.294. The van der Waals surface area contributed by atoms with Crippen LogP contribution in [-0.2, 0) is 13.0 Å². The highest BCUT2D eigenvalue weighted by atomic mass is 16.3. The third-order valence-electron chi connectivity index (χ3n) is 3.57. The molecule has 108 valence electrons. The van der Waals surface area contributed by atoms with Crippen LogP contribution in [0.15, 0.2) is 47.4 Å². The van der Waals surface area contributed by atoms with E-state index in [2.05, 4.69) is 34.3 Å². The minimum absolute atomic E-state index is 0.726. The number of nitrogens with zero attached hydrogens (tertiary/aromatic N) is 2. The van der Waals surface area contributed by atoms with E-state index in [0.29, 0.717) is 0 Å². The van der Waals surface area contributed by atoms with Gasteiger partial charge in [0.15, 0.2) is 0 Å². The van der Waals surface area contributed by atoms with Gasteiger partial charge in [0.05, 0.1) is 18.1 Å². The maximum atomic E-state index is 6.02. The smallest absolute Gasteiger partial charge is 0.134 e. The number of nitrogens with one attached hydrogen (secondary N) is 1. The third kappa shape index (κ3) is 3.05. The Morgan fingerprint density at radius 2 is 1.95 bits per heavy atom. The van der Waals surface area contributed by atoms with Crippen molar-refractivity contribution in [3.8, 4) is 0 Å². The van der Waals surface area contributed by atoms with E-state index < -0.39 is 0 Å². The summed E-state index contributed by atoms with van der Waals surface area (Å²) in [5.41, 5.74) is 3.12. The topological polar surface area (TPSA) is 51.0 Å². The number of rotatable bonds is 6. The number of fused-ring (bicyclic) bond motifs is 1. The van der Waals surface area contributed by atoms with Gasteiger partial charge in [-0.05, 0) is 12.5 Å². The van der Waals surface area contributed by atoms with Gasteiger partial charge in [0.25, 0.3) is 0 Å². The fourth-order valence-corrected chi connectivity index (χ4v) is 2.46. The molecule has 0 spiro atoms. The molecule has 0 bridgehead atoms. The zero-order chi connectivity index (χ0) is 14.5. The van der Waals surface area contributed by atoms with Crippen LogP contribution >= 0.6 is 0 Å². The van der Waals surface area contributed by atoms with Gasteiger partial charge in [-0.2, -0.15) is 0 Å². The van der Waals surface area contributed by atoms with E-state index in [4.69, 9.17) is 4.42 Å². The highest BCUT2D eigenvalue weighted by molar-refractivity contribution is 5.82. The molecule has 4 heteroatoms. The van der Waals surface area contributed by atoms with Gasteiger partial charge in [-0.15, -0.1) is 0 Å². The molecule has 1 aromatic carbocycles. The molecule has 0 atom stereocenters. The van der Waals surface area contributed by atoms with Crippen LogP contribution in [-0.4, -0.2) is 9.97 Å². The van der Waals surface area contributed by atoms with Gasteiger partial charge in [0.2, 0.25) is 0 Å².